The highest BCUT2D eigenvalue weighted by atomic mass is 16.3. The first-order chi connectivity index (χ1) is 13.0. The Morgan fingerprint density at radius 2 is 0.964 bits per heavy atom. The topological polar surface area (TPSA) is 98.7 Å². The quantitative estimate of drug-likeness (QED) is 0.558. The second-order valence-electron chi connectivity index (χ2n) is 12.2. The van der Waals surface area contributed by atoms with Crippen LogP contribution in [0.2, 0.25) is 0 Å². The molecule has 4 N–H and O–H groups in total. The van der Waals surface area contributed by atoms with Crippen molar-refractivity contribution >= 4 is 11.8 Å². The SMILES string of the molecule is CC1(C)C(O)CC1NC(=O)C12C3C4C1C1C2C3C41C(=O)NC1CC(O)C1(C)C. The van der Waals surface area contributed by atoms with Crippen LogP contribution >= 0.6 is 0 Å². The van der Waals surface area contributed by atoms with Crippen LogP contribution < -0.4 is 10.6 Å². The molecule has 6 nitrogen and oxygen atoms in total. The van der Waals surface area contributed by atoms with E-state index < -0.39 is 0 Å². The van der Waals surface area contributed by atoms with Crippen molar-refractivity contribution in [2.45, 2.75) is 64.8 Å². The number of hydrogen-bond acceptors (Lipinski definition) is 4. The minimum atomic E-state index is -0.330. The minimum absolute atomic E-state index is 0.0696. The molecular formula is C22H30N2O4. The van der Waals surface area contributed by atoms with Crippen LogP contribution in [-0.2, 0) is 9.59 Å². The summed E-state index contributed by atoms with van der Waals surface area (Å²) in [7, 11) is 0. The Hall–Kier alpha value is -1.14. The molecule has 2 amide bonds. The number of aliphatic hydroxyl groups excluding tert-OH is 2. The molecule has 0 saturated heterocycles. The van der Waals surface area contributed by atoms with Gasteiger partial charge in [-0.1, -0.05) is 27.7 Å². The number of carbonyl (C=O) groups is 2. The van der Waals surface area contributed by atoms with Gasteiger partial charge in [-0.3, -0.25) is 9.59 Å². The van der Waals surface area contributed by atoms with E-state index in [1.807, 2.05) is 27.7 Å². The van der Waals surface area contributed by atoms with Crippen LogP contribution in [0.3, 0.4) is 0 Å². The lowest BCUT2D eigenvalue weighted by molar-refractivity contribution is -0.624. The second-order valence-corrected chi connectivity index (χ2v) is 12.2. The molecule has 0 aliphatic heterocycles. The molecule has 0 radical (unpaired) electrons. The molecule has 4 unspecified atom stereocenters. The van der Waals surface area contributed by atoms with E-state index in [9.17, 15) is 19.8 Å². The van der Waals surface area contributed by atoms with E-state index in [0.29, 0.717) is 48.3 Å². The Labute approximate surface area is 164 Å². The lowest BCUT2D eigenvalue weighted by Gasteiger charge is -3.09. The Kier molecular flexibility index (Phi) is 2.40. The molecule has 8 aliphatic carbocycles. The van der Waals surface area contributed by atoms with Gasteiger partial charge in [0.05, 0.1) is 23.0 Å². The van der Waals surface area contributed by atoms with Crippen molar-refractivity contribution in [3.05, 3.63) is 0 Å². The van der Waals surface area contributed by atoms with Crippen molar-refractivity contribution in [1.82, 2.24) is 10.6 Å². The first-order valence-electron chi connectivity index (χ1n) is 11.0. The molecule has 0 spiro atoms. The molecule has 28 heavy (non-hydrogen) atoms. The Bertz CT molecular complexity index is 739. The van der Waals surface area contributed by atoms with Gasteiger partial charge in [0.2, 0.25) is 11.8 Å². The molecule has 4 atom stereocenters. The molecule has 6 heteroatoms. The predicted octanol–water partition coefficient (Wildman–Crippen LogP) is 0.276. The molecule has 152 valence electrons. The van der Waals surface area contributed by atoms with E-state index >= 15 is 0 Å². The third kappa shape index (κ3) is 1.15. The Balaban J connectivity index is 1.05. The lowest BCUT2D eigenvalue weighted by atomic mass is 8.92. The van der Waals surface area contributed by atoms with Gasteiger partial charge in [0.15, 0.2) is 0 Å². The predicted molar refractivity (Wildman–Crippen MR) is 98.5 cm³/mol. The molecular weight excluding hydrogens is 356 g/mol. The fourth-order valence-electron chi connectivity index (χ4n) is 9.30. The van der Waals surface area contributed by atoms with Crippen LogP contribution in [0.5, 0.6) is 0 Å². The summed E-state index contributed by atoms with van der Waals surface area (Å²) in [5.41, 5.74) is -0.805. The second kappa shape index (κ2) is 4.04. The maximum atomic E-state index is 13.1. The minimum Gasteiger partial charge on any atom is -0.392 e. The van der Waals surface area contributed by atoms with Crippen molar-refractivity contribution in [3.8, 4) is 0 Å². The summed E-state index contributed by atoms with van der Waals surface area (Å²) in [5, 5.41) is 26.4. The molecule has 8 rings (SSSR count). The highest BCUT2D eigenvalue weighted by Crippen LogP contribution is 3.10. The number of amides is 2. The van der Waals surface area contributed by atoms with Gasteiger partial charge >= 0.3 is 0 Å². The van der Waals surface area contributed by atoms with Crippen molar-refractivity contribution in [2.75, 3.05) is 0 Å². The molecule has 0 aromatic heterocycles. The zero-order valence-corrected chi connectivity index (χ0v) is 16.9. The molecule has 8 aliphatic rings. The summed E-state index contributed by atoms with van der Waals surface area (Å²) in [4.78, 5) is 26.3. The van der Waals surface area contributed by atoms with Gasteiger partial charge in [-0.2, -0.15) is 0 Å². The van der Waals surface area contributed by atoms with Crippen molar-refractivity contribution in [2.24, 2.45) is 57.2 Å². The number of carbonyl (C=O) groups excluding carboxylic acids is 2. The molecule has 8 saturated carbocycles. The van der Waals surface area contributed by atoms with Crippen LogP contribution in [0.25, 0.3) is 0 Å². The van der Waals surface area contributed by atoms with Crippen LogP contribution in [-0.4, -0.2) is 46.3 Å². The van der Waals surface area contributed by atoms with Gasteiger partial charge in [0, 0.05) is 22.9 Å². The normalized spacial score (nSPS) is 63.5. The molecule has 0 bridgehead atoms. The van der Waals surface area contributed by atoms with Crippen molar-refractivity contribution < 1.29 is 19.8 Å². The maximum Gasteiger partial charge on any atom is 0.227 e. The van der Waals surface area contributed by atoms with Crippen LogP contribution in [0.4, 0.5) is 0 Å². The first kappa shape index (κ1) is 16.6. The molecule has 0 aromatic carbocycles. The third-order valence-electron chi connectivity index (χ3n) is 11.5. The summed E-state index contributed by atoms with van der Waals surface area (Å²) in [5.74, 6) is 2.95. The zero-order valence-electron chi connectivity index (χ0n) is 16.9. The largest absolute Gasteiger partial charge is 0.392 e. The Morgan fingerprint density at radius 1 is 0.679 bits per heavy atom. The van der Waals surface area contributed by atoms with E-state index in [1.54, 1.807) is 0 Å². The zero-order chi connectivity index (χ0) is 19.8. The summed E-state index contributed by atoms with van der Waals surface area (Å²) >= 11 is 0. The number of nitrogens with one attached hydrogen (secondary N) is 2. The fourth-order valence-corrected chi connectivity index (χ4v) is 9.30. The summed E-state index contributed by atoms with van der Waals surface area (Å²) in [6.07, 6.45) is 0.646. The van der Waals surface area contributed by atoms with Gasteiger partial charge in [0.1, 0.15) is 0 Å². The van der Waals surface area contributed by atoms with E-state index in [4.69, 9.17) is 0 Å². The smallest absolute Gasteiger partial charge is 0.227 e. The number of hydrogen-bond donors (Lipinski definition) is 4. The average molecular weight is 386 g/mol. The van der Waals surface area contributed by atoms with Gasteiger partial charge in [-0.25, -0.2) is 0 Å². The van der Waals surface area contributed by atoms with Gasteiger partial charge < -0.3 is 20.8 Å². The monoisotopic (exact) mass is 386 g/mol. The van der Waals surface area contributed by atoms with Crippen LogP contribution in [0.15, 0.2) is 0 Å². The van der Waals surface area contributed by atoms with Crippen LogP contribution in [0.1, 0.15) is 40.5 Å². The van der Waals surface area contributed by atoms with Gasteiger partial charge in [-0.05, 0) is 48.3 Å². The third-order valence-corrected chi connectivity index (χ3v) is 11.5. The standard InChI is InChI=1S/C22H30N2O4/c1-19(2)7(5-9(19)25)23-17(27)21-11-14-12(21)16-13(21)15(11)22(14,16)18(28)24-8-6-10(26)20(8,3)4/h7-16,25-26H,5-6H2,1-4H3,(H,23,27)(H,24,28). The average Bonchev–Trinajstić information content (AvgIpc) is 2.66. The van der Waals surface area contributed by atoms with E-state index in [-0.39, 0.29) is 57.8 Å². The maximum absolute atomic E-state index is 13.1. The highest BCUT2D eigenvalue weighted by molar-refractivity contribution is 6.00. The molecule has 0 heterocycles. The Morgan fingerprint density at radius 3 is 1.18 bits per heavy atom. The summed E-state index contributed by atoms with van der Waals surface area (Å²) < 4.78 is 0. The van der Waals surface area contributed by atoms with Crippen molar-refractivity contribution in [3.63, 3.8) is 0 Å². The summed E-state index contributed by atoms with van der Waals surface area (Å²) in [6.45, 7) is 8.07. The number of rotatable bonds is 4. The van der Waals surface area contributed by atoms with E-state index in [0.717, 1.165) is 0 Å². The molecule has 8 fully saturated rings. The highest BCUT2D eigenvalue weighted by Gasteiger charge is 3.12. The first-order valence-corrected chi connectivity index (χ1v) is 11.0. The van der Waals surface area contributed by atoms with Crippen molar-refractivity contribution in [1.29, 1.82) is 0 Å². The fraction of sp³-hybridized carbons (Fsp3) is 0.909. The summed E-state index contributed by atoms with van der Waals surface area (Å²) in [6, 6.07) is 0.139. The van der Waals surface area contributed by atoms with Crippen LogP contribution in [0, 0.1) is 57.2 Å². The van der Waals surface area contributed by atoms with Gasteiger partial charge in [-0.15, -0.1) is 0 Å². The van der Waals surface area contributed by atoms with Gasteiger partial charge in [0.25, 0.3) is 0 Å². The lowest BCUT2D eigenvalue weighted by Crippen LogP contribution is -3.12. The van der Waals surface area contributed by atoms with E-state index in [1.165, 1.54) is 0 Å². The molecule has 0 aromatic rings. The van der Waals surface area contributed by atoms with E-state index in [2.05, 4.69) is 10.6 Å². The number of aliphatic hydroxyl groups is 2.